The molecule has 2 amide bonds. The number of fused-ring (bicyclic) bond motifs is 1. The van der Waals surface area contributed by atoms with Crippen LogP contribution in [0.25, 0.3) is 0 Å². The molecule has 4 rings (SSSR count). The summed E-state index contributed by atoms with van der Waals surface area (Å²) in [6.45, 7) is 1.24. The van der Waals surface area contributed by atoms with Gasteiger partial charge in [0.05, 0.1) is 5.92 Å². The van der Waals surface area contributed by atoms with E-state index in [1.165, 1.54) is 17.0 Å². The summed E-state index contributed by atoms with van der Waals surface area (Å²) in [7, 11) is 0. The van der Waals surface area contributed by atoms with Crippen LogP contribution in [0, 0.1) is 11.7 Å². The topological polar surface area (TPSA) is 60.9 Å². The molecule has 0 spiro atoms. The number of hydrogen-bond donors (Lipinski definition) is 1. The van der Waals surface area contributed by atoms with Crippen molar-refractivity contribution in [1.82, 2.24) is 4.90 Å². The van der Waals surface area contributed by atoms with Crippen molar-refractivity contribution >= 4 is 17.5 Å². The van der Waals surface area contributed by atoms with E-state index in [0.29, 0.717) is 25.2 Å². The second kappa shape index (κ2) is 6.44. The minimum Gasteiger partial charge on any atom is -0.508 e. The molecule has 2 aliphatic heterocycles. The van der Waals surface area contributed by atoms with Gasteiger partial charge in [0.15, 0.2) is 0 Å². The Kier molecular flexibility index (Phi) is 4.11. The van der Waals surface area contributed by atoms with Crippen LogP contribution in [0.4, 0.5) is 10.1 Å². The number of nitrogens with zero attached hydrogens (tertiary/aromatic N) is 2. The molecule has 1 N–H and O–H groups in total. The van der Waals surface area contributed by atoms with E-state index in [4.69, 9.17) is 0 Å². The SMILES string of the molecule is O=C(C1CCC(=O)N(c2cccc(F)c2)C1)N1Cc2ccc(O)cc2C1. The first-order valence-corrected chi connectivity index (χ1v) is 8.67. The molecule has 0 aliphatic carbocycles. The Bertz CT molecular complexity index is 883. The number of rotatable bonds is 2. The third kappa shape index (κ3) is 3.03. The summed E-state index contributed by atoms with van der Waals surface area (Å²) in [4.78, 5) is 28.5. The summed E-state index contributed by atoms with van der Waals surface area (Å²) in [5.41, 5.74) is 2.47. The van der Waals surface area contributed by atoms with Crippen LogP contribution in [0.1, 0.15) is 24.0 Å². The van der Waals surface area contributed by atoms with Gasteiger partial charge in [0, 0.05) is 31.7 Å². The zero-order chi connectivity index (χ0) is 18.3. The minimum atomic E-state index is -0.404. The highest BCUT2D eigenvalue weighted by molar-refractivity contribution is 5.96. The zero-order valence-corrected chi connectivity index (χ0v) is 14.2. The Morgan fingerprint density at radius 2 is 1.92 bits per heavy atom. The largest absolute Gasteiger partial charge is 0.508 e. The van der Waals surface area contributed by atoms with E-state index in [0.717, 1.165) is 11.1 Å². The normalized spacial score (nSPS) is 19.6. The minimum absolute atomic E-state index is 0.00501. The third-order valence-corrected chi connectivity index (χ3v) is 5.10. The number of piperidine rings is 1. The van der Waals surface area contributed by atoms with Crippen molar-refractivity contribution in [1.29, 1.82) is 0 Å². The van der Waals surface area contributed by atoms with Crippen LogP contribution in [0.3, 0.4) is 0 Å². The van der Waals surface area contributed by atoms with Gasteiger partial charge < -0.3 is 14.9 Å². The van der Waals surface area contributed by atoms with E-state index in [9.17, 15) is 19.1 Å². The van der Waals surface area contributed by atoms with Gasteiger partial charge in [-0.1, -0.05) is 12.1 Å². The van der Waals surface area contributed by atoms with Crippen molar-refractivity contribution in [3.05, 3.63) is 59.4 Å². The summed E-state index contributed by atoms with van der Waals surface area (Å²) < 4.78 is 13.5. The number of phenols is 1. The van der Waals surface area contributed by atoms with Crippen LogP contribution in [0.15, 0.2) is 42.5 Å². The van der Waals surface area contributed by atoms with Crippen molar-refractivity contribution in [3.8, 4) is 5.75 Å². The molecule has 26 heavy (non-hydrogen) atoms. The van der Waals surface area contributed by atoms with Crippen LogP contribution in [0.5, 0.6) is 5.75 Å². The summed E-state index contributed by atoms with van der Waals surface area (Å²) in [5.74, 6) is -0.611. The molecule has 0 aromatic heterocycles. The molecule has 2 heterocycles. The van der Waals surface area contributed by atoms with Crippen LogP contribution < -0.4 is 4.90 Å². The number of benzene rings is 2. The van der Waals surface area contributed by atoms with Crippen molar-refractivity contribution in [2.75, 3.05) is 11.4 Å². The molecule has 2 aliphatic rings. The molecule has 1 saturated heterocycles. The molecular formula is C20H19FN2O3. The lowest BCUT2D eigenvalue weighted by atomic mass is 9.95. The number of hydrogen-bond acceptors (Lipinski definition) is 3. The number of carbonyl (C=O) groups is 2. The van der Waals surface area contributed by atoms with Crippen molar-refractivity contribution in [2.24, 2.45) is 5.92 Å². The average Bonchev–Trinajstić information content (AvgIpc) is 3.04. The Labute approximate surface area is 150 Å². The lowest BCUT2D eigenvalue weighted by Gasteiger charge is -2.33. The number of aromatic hydroxyl groups is 1. The lowest BCUT2D eigenvalue weighted by Crippen LogP contribution is -2.46. The van der Waals surface area contributed by atoms with Crippen LogP contribution >= 0.6 is 0 Å². The van der Waals surface area contributed by atoms with Crippen LogP contribution in [-0.2, 0) is 22.7 Å². The van der Waals surface area contributed by atoms with Gasteiger partial charge in [0.2, 0.25) is 11.8 Å². The fraction of sp³-hybridized carbons (Fsp3) is 0.300. The highest BCUT2D eigenvalue weighted by atomic mass is 19.1. The Hall–Kier alpha value is -2.89. The summed E-state index contributed by atoms with van der Waals surface area (Å²) >= 11 is 0. The maximum absolute atomic E-state index is 13.5. The smallest absolute Gasteiger partial charge is 0.228 e. The first kappa shape index (κ1) is 16.6. The van der Waals surface area contributed by atoms with E-state index >= 15 is 0 Å². The second-order valence-electron chi connectivity index (χ2n) is 6.87. The second-order valence-corrected chi connectivity index (χ2v) is 6.87. The molecule has 2 aromatic rings. The quantitative estimate of drug-likeness (QED) is 0.902. The number of halogens is 1. The lowest BCUT2D eigenvalue weighted by molar-refractivity contribution is -0.137. The van der Waals surface area contributed by atoms with Gasteiger partial charge in [0.25, 0.3) is 0 Å². The molecule has 134 valence electrons. The molecule has 2 aromatic carbocycles. The number of phenolic OH excluding ortho intramolecular Hbond substituents is 1. The molecule has 0 radical (unpaired) electrons. The van der Waals surface area contributed by atoms with Gasteiger partial charge in [-0.25, -0.2) is 4.39 Å². The monoisotopic (exact) mass is 354 g/mol. The predicted molar refractivity (Wildman–Crippen MR) is 93.8 cm³/mol. The first-order chi connectivity index (χ1) is 12.5. The van der Waals surface area contributed by atoms with Gasteiger partial charge in [-0.15, -0.1) is 0 Å². The van der Waals surface area contributed by atoms with Crippen molar-refractivity contribution in [2.45, 2.75) is 25.9 Å². The Morgan fingerprint density at radius 1 is 1.12 bits per heavy atom. The predicted octanol–water partition coefficient (Wildman–Crippen LogP) is 2.82. The average molecular weight is 354 g/mol. The van der Waals surface area contributed by atoms with Gasteiger partial charge >= 0.3 is 0 Å². The summed E-state index contributed by atoms with van der Waals surface area (Å²) in [6.07, 6.45) is 0.774. The number of anilines is 1. The van der Waals surface area contributed by atoms with Crippen LogP contribution in [-0.4, -0.2) is 28.4 Å². The Morgan fingerprint density at radius 3 is 2.73 bits per heavy atom. The van der Waals surface area contributed by atoms with Gasteiger partial charge in [-0.3, -0.25) is 9.59 Å². The van der Waals surface area contributed by atoms with Crippen LogP contribution in [0.2, 0.25) is 0 Å². The molecule has 0 saturated carbocycles. The van der Waals surface area contributed by atoms with Crippen molar-refractivity contribution < 1.29 is 19.1 Å². The highest BCUT2D eigenvalue weighted by Gasteiger charge is 2.35. The van der Waals surface area contributed by atoms with Gasteiger partial charge in [-0.05, 0) is 47.9 Å². The van der Waals surface area contributed by atoms with Gasteiger partial charge in [0.1, 0.15) is 11.6 Å². The summed E-state index contributed by atoms with van der Waals surface area (Å²) in [6, 6.07) is 11.0. The van der Waals surface area contributed by atoms with E-state index in [2.05, 4.69) is 0 Å². The zero-order valence-electron chi connectivity index (χ0n) is 14.2. The molecule has 0 bridgehead atoms. The fourth-order valence-corrected chi connectivity index (χ4v) is 3.74. The highest BCUT2D eigenvalue weighted by Crippen LogP contribution is 2.30. The van der Waals surface area contributed by atoms with E-state index in [-0.39, 0.29) is 36.4 Å². The molecule has 6 heteroatoms. The molecular weight excluding hydrogens is 335 g/mol. The number of carbonyl (C=O) groups excluding carboxylic acids is 2. The molecule has 1 atom stereocenters. The third-order valence-electron chi connectivity index (χ3n) is 5.10. The maximum atomic E-state index is 13.5. The maximum Gasteiger partial charge on any atom is 0.228 e. The van der Waals surface area contributed by atoms with E-state index in [1.807, 2.05) is 6.07 Å². The number of amides is 2. The van der Waals surface area contributed by atoms with E-state index < -0.39 is 5.82 Å². The van der Waals surface area contributed by atoms with E-state index in [1.54, 1.807) is 29.2 Å². The van der Waals surface area contributed by atoms with Gasteiger partial charge in [-0.2, -0.15) is 0 Å². The standard InChI is InChI=1S/C20H19FN2O3/c21-16-2-1-3-17(9-16)23-12-14(5-7-19(23)25)20(26)22-10-13-4-6-18(24)8-15(13)11-22/h1-4,6,8-9,14,24H,5,7,10-12H2. The molecule has 1 unspecified atom stereocenters. The fourth-order valence-electron chi connectivity index (χ4n) is 3.74. The molecule has 1 fully saturated rings. The molecule has 5 nitrogen and oxygen atoms in total. The first-order valence-electron chi connectivity index (χ1n) is 8.67. The Balaban J connectivity index is 1.50. The summed E-state index contributed by atoms with van der Waals surface area (Å²) in [5, 5.41) is 9.60. The van der Waals surface area contributed by atoms with Crippen molar-refractivity contribution in [3.63, 3.8) is 0 Å².